The Hall–Kier alpha value is -1.27. The molecule has 2 atom stereocenters. The van der Waals surface area contributed by atoms with Gasteiger partial charge >= 0.3 is 5.97 Å². The second-order valence-corrected chi connectivity index (χ2v) is 5.71. The third-order valence-electron chi connectivity index (χ3n) is 3.27. The van der Waals surface area contributed by atoms with E-state index in [4.69, 9.17) is 13.0 Å². The van der Waals surface area contributed by atoms with Gasteiger partial charge in [0, 0.05) is 11.3 Å². The summed E-state index contributed by atoms with van der Waals surface area (Å²) in [5, 5.41) is 11.8. The molecular weight excluding hydrogens is 261 g/mol. The van der Waals surface area contributed by atoms with Crippen LogP contribution in [0.5, 0.6) is 0 Å². The summed E-state index contributed by atoms with van der Waals surface area (Å²) < 4.78 is 0. The molecule has 0 bridgehead atoms. The van der Waals surface area contributed by atoms with Gasteiger partial charge in [-0.3, -0.25) is 14.9 Å². The van der Waals surface area contributed by atoms with Crippen LogP contribution in [0, 0.1) is 6.92 Å². The van der Waals surface area contributed by atoms with Gasteiger partial charge in [0.1, 0.15) is 13.9 Å². The molecule has 1 aromatic carbocycles. The first-order valence-electron chi connectivity index (χ1n) is 5.92. The van der Waals surface area contributed by atoms with Gasteiger partial charge in [-0.25, -0.2) is 0 Å². The van der Waals surface area contributed by atoms with Crippen LogP contribution in [0.2, 0.25) is 0 Å². The van der Waals surface area contributed by atoms with Crippen molar-refractivity contribution in [1.82, 2.24) is 5.32 Å². The first-order valence-corrected chi connectivity index (χ1v) is 6.97. The monoisotopic (exact) mass is 275 g/mol. The molecule has 0 spiro atoms. The number of hydrogen-bond donors (Lipinski definition) is 2. The number of Topliss-reactive ketones (excluding diaryl/α,β-unsaturated/α-hetero) is 1. The second-order valence-electron chi connectivity index (χ2n) is 4.57. The molecule has 2 N–H and O–H groups in total. The lowest BCUT2D eigenvalue weighted by Gasteiger charge is -2.19. The van der Waals surface area contributed by atoms with Crippen molar-refractivity contribution in [3.05, 3.63) is 28.8 Å². The third kappa shape index (κ3) is 2.69. The zero-order valence-electron chi connectivity index (χ0n) is 10.8. The molecule has 1 fully saturated rings. The van der Waals surface area contributed by atoms with Crippen LogP contribution in [-0.2, 0) is 4.79 Å². The molecule has 1 saturated heterocycles. The van der Waals surface area contributed by atoms with Gasteiger partial charge in [-0.1, -0.05) is 17.6 Å². The molecule has 0 saturated carbocycles. The average Bonchev–Trinajstić information content (AvgIpc) is 2.78. The predicted octanol–water partition coefficient (Wildman–Crippen LogP) is 0.780. The molecule has 6 heteroatoms. The third-order valence-corrected chi connectivity index (χ3v) is 4.50. The smallest absolute Gasteiger partial charge is 0.321 e. The minimum atomic E-state index is -0.867. The quantitative estimate of drug-likeness (QED) is 0.630. The van der Waals surface area contributed by atoms with Crippen molar-refractivity contribution >= 4 is 36.8 Å². The van der Waals surface area contributed by atoms with Crippen LogP contribution in [0.4, 0.5) is 0 Å². The number of carboxylic acids is 1. The molecular formula is C13H14BNO3S. The number of carboxylic acid groups (broad SMARTS) is 1. The van der Waals surface area contributed by atoms with Crippen LogP contribution in [0.1, 0.15) is 33.8 Å². The average molecular weight is 275 g/mol. The van der Waals surface area contributed by atoms with E-state index in [-0.39, 0.29) is 11.2 Å². The fourth-order valence-corrected chi connectivity index (χ4v) is 3.62. The molecule has 1 heterocycles. The van der Waals surface area contributed by atoms with E-state index in [0.717, 1.165) is 11.1 Å². The molecule has 4 nitrogen and oxygen atoms in total. The molecule has 1 aromatic rings. The van der Waals surface area contributed by atoms with Gasteiger partial charge in [0.05, 0.1) is 5.37 Å². The number of benzene rings is 1. The van der Waals surface area contributed by atoms with E-state index < -0.39 is 12.0 Å². The van der Waals surface area contributed by atoms with Crippen LogP contribution in [-0.4, -0.2) is 36.5 Å². The highest BCUT2D eigenvalue weighted by molar-refractivity contribution is 7.99. The fourth-order valence-electron chi connectivity index (χ4n) is 2.26. The van der Waals surface area contributed by atoms with Gasteiger partial charge in [0.25, 0.3) is 0 Å². The van der Waals surface area contributed by atoms with Gasteiger partial charge in [0.15, 0.2) is 5.78 Å². The Balaban J connectivity index is 2.38. The van der Waals surface area contributed by atoms with Crippen LogP contribution in [0.25, 0.3) is 0 Å². The molecule has 2 rings (SSSR count). The first kappa shape index (κ1) is 14.2. The van der Waals surface area contributed by atoms with Gasteiger partial charge in [0.2, 0.25) is 0 Å². The zero-order chi connectivity index (χ0) is 14.2. The minimum Gasteiger partial charge on any atom is -0.480 e. The maximum absolute atomic E-state index is 11.6. The van der Waals surface area contributed by atoms with Crippen molar-refractivity contribution in [3.63, 3.8) is 0 Å². The van der Waals surface area contributed by atoms with Gasteiger partial charge < -0.3 is 5.11 Å². The predicted molar refractivity (Wildman–Crippen MR) is 76.3 cm³/mol. The molecule has 0 amide bonds. The number of carbonyl (C=O) groups is 2. The van der Waals surface area contributed by atoms with E-state index in [1.165, 1.54) is 18.7 Å². The summed E-state index contributed by atoms with van der Waals surface area (Å²) in [5.41, 5.74) is 2.86. The molecule has 98 valence electrons. The summed E-state index contributed by atoms with van der Waals surface area (Å²) in [4.78, 5) is 22.5. The highest BCUT2D eigenvalue weighted by Crippen LogP contribution is 2.34. The van der Waals surface area contributed by atoms with Crippen molar-refractivity contribution < 1.29 is 14.7 Å². The number of rotatable bonds is 3. The largest absolute Gasteiger partial charge is 0.480 e. The lowest BCUT2D eigenvalue weighted by Crippen LogP contribution is -2.35. The Morgan fingerprint density at radius 2 is 2.16 bits per heavy atom. The zero-order valence-corrected chi connectivity index (χ0v) is 11.6. The first-order chi connectivity index (χ1) is 8.91. The lowest BCUT2D eigenvalue weighted by atomic mass is 9.85. The number of thioether (sulfide) groups is 1. The van der Waals surface area contributed by atoms with Crippen LogP contribution < -0.4 is 10.8 Å². The number of hydrogen-bond acceptors (Lipinski definition) is 4. The highest BCUT2D eigenvalue weighted by atomic mass is 32.2. The fraction of sp³-hybridized carbons (Fsp3) is 0.385. The van der Waals surface area contributed by atoms with Crippen molar-refractivity contribution in [2.75, 3.05) is 5.75 Å². The maximum atomic E-state index is 11.6. The molecule has 0 aromatic heterocycles. The number of ketones is 1. The molecule has 1 aliphatic rings. The van der Waals surface area contributed by atoms with Crippen molar-refractivity contribution in [2.45, 2.75) is 25.3 Å². The summed E-state index contributed by atoms with van der Waals surface area (Å²) in [5.74, 6) is -0.395. The minimum absolute atomic E-state index is 0.0171. The Kier molecular flexibility index (Phi) is 4.01. The normalized spacial score (nSPS) is 22.4. The van der Waals surface area contributed by atoms with Crippen molar-refractivity contribution in [2.24, 2.45) is 0 Å². The standard InChI is InChI=1S/C13H14BNO3S/c1-6-8(7(2)16)3-4-9(14)11(6)12-15-10(5-19-12)13(17)18/h3-4,10,12,15H,5H2,1-2H3,(H,17,18). The lowest BCUT2D eigenvalue weighted by molar-refractivity contribution is -0.138. The van der Waals surface area contributed by atoms with E-state index in [9.17, 15) is 9.59 Å². The van der Waals surface area contributed by atoms with E-state index >= 15 is 0 Å². The summed E-state index contributed by atoms with van der Waals surface area (Å²) in [6.45, 7) is 3.36. The Labute approximate surface area is 117 Å². The number of carbonyl (C=O) groups excluding carboxylic acids is 1. The van der Waals surface area contributed by atoms with E-state index in [1.807, 2.05) is 6.92 Å². The Morgan fingerprint density at radius 3 is 2.68 bits per heavy atom. The topological polar surface area (TPSA) is 66.4 Å². The van der Waals surface area contributed by atoms with Gasteiger partial charge in [-0.15, -0.1) is 11.8 Å². The van der Waals surface area contributed by atoms with Crippen LogP contribution in [0.3, 0.4) is 0 Å². The second kappa shape index (κ2) is 5.39. The van der Waals surface area contributed by atoms with E-state index in [2.05, 4.69) is 5.32 Å². The van der Waals surface area contributed by atoms with Crippen LogP contribution >= 0.6 is 11.8 Å². The van der Waals surface area contributed by atoms with Crippen LogP contribution in [0.15, 0.2) is 12.1 Å². The molecule has 19 heavy (non-hydrogen) atoms. The summed E-state index contributed by atoms with van der Waals surface area (Å²) in [7, 11) is 5.98. The molecule has 0 aliphatic carbocycles. The Morgan fingerprint density at radius 1 is 1.47 bits per heavy atom. The van der Waals surface area contributed by atoms with Crippen molar-refractivity contribution in [3.8, 4) is 0 Å². The molecule has 2 radical (unpaired) electrons. The number of nitrogens with one attached hydrogen (secondary N) is 1. The maximum Gasteiger partial charge on any atom is 0.321 e. The SMILES string of the molecule is [B]c1ccc(C(C)=O)c(C)c1C1NC(C(=O)O)CS1. The van der Waals surface area contributed by atoms with E-state index in [1.54, 1.807) is 12.1 Å². The molecule has 2 unspecified atom stereocenters. The van der Waals surface area contributed by atoms with E-state index in [0.29, 0.717) is 16.8 Å². The van der Waals surface area contributed by atoms with Gasteiger partial charge in [-0.05, 0) is 25.0 Å². The summed E-state index contributed by atoms with van der Waals surface area (Å²) in [6, 6.07) is 2.84. The summed E-state index contributed by atoms with van der Waals surface area (Å²) >= 11 is 1.50. The number of aliphatic carboxylic acids is 1. The van der Waals surface area contributed by atoms with Gasteiger partial charge in [-0.2, -0.15) is 0 Å². The highest BCUT2D eigenvalue weighted by Gasteiger charge is 2.32. The Bertz CT molecular complexity index is 547. The molecule has 1 aliphatic heterocycles. The summed E-state index contributed by atoms with van der Waals surface area (Å²) in [6.07, 6.45) is 0. The van der Waals surface area contributed by atoms with Crippen molar-refractivity contribution in [1.29, 1.82) is 0 Å².